The number of thioether (sulfide) groups is 1. The Kier molecular flexibility index (Phi) is 5.78. The topological polar surface area (TPSA) is 131 Å². The largest absolute Gasteiger partial charge is 0.512 e. The van der Waals surface area contributed by atoms with Crippen molar-refractivity contribution < 1.29 is 29.6 Å². The molecule has 3 aliphatic heterocycles. The van der Waals surface area contributed by atoms with E-state index in [1.54, 1.807) is 14.0 Å². The molecule has 2 saturated heterocycles. The summed E-state index contributed by atoms with van der Waals surface area (Å²) in [6, 6.07) is -0.283. The molecule has 0 spiro atoms. The molecule has 2 fully saturated rings. The zero-order chi connectivity index (χ0) is 19.0. The minimum atomic E-state index is -1.46. The number of rotatable bonds is 7. The van der Waals surface area contributed by atoms with Gasteiger partial charge in [-0.1, -0.05) is 0 Å². The highest BCUT2D eigenvalue weighted by molar-refractivity contribution is 8.03. The number of β-lactam (4-membered cyclic amide) rings is 1. The van der Waals surface area contributed by atoms with Crippen molar-refractivity contribution in [1.29, 1.82) is 0 Å². The maximum atomic E-state index is 12.3. The highest BCUT2D eigenvalue weighted by atomic mass is 32.2. The van der Waals surface area contributed by atoms with Crippen LogP contribution in [0.3, 0.4) is 0 Å². The van der Waals surface area contributed by atoms with Gasteiger partial charge in [0.15, 0.2) is 0 Å². The van der Waals surface area contributed by atoms with Crippen LogP contribution in [0.25, 0.3) is 0 Å². The number of aliphatic hydroxyl groups excluding tert-OH is 2. The number of carboxylic acid groups (broad SMARTS) is 1. The standard InChI is InChI=1S/C16H25N3O6S/c1-7(20)13-10-4-12(15(25-16(23)24)19(10)14(13)22)26-8-3-9(18-5-8)11(21)6-17-2/h7-11,13,17-18,20-21H,3-6H2,1-2H3,(H,23,24)/t7-,8+,9+,10-,11-,13-/m1/s1. The minimum absolute atomic E-state index is 0.0327. The second-order valence-corrected chi connectivity index (χ2v) is 8.35. The molecule has 1 amide bonds. The fraction of sp³-hybridized carbons (Fsp3) is 0.750. The molecule has 0 radical (unpaired) electrons. The molecule has 0 unspecified atom stereocenters. The summed E-state index contributed by atoms with van der Waals surface area (Å²) in [7, 11) is 1.78. The number of aliphatic hydroxyl groups is 2. The fourth-order valence-electron chi connectivity index (χ4n) is 3.93. The normalized spacial score (nSPS) is 33.1. The van der Waals surface area contributed by atoms with Crippen molar-refractivity contribution in [3.63, 3.8) is 0 Å². The van der Waals surface area contributed by atoms with E-state index in [4.69, 9.17) is 9.84 Å². The molecule has 3 rings (SSSR count). The van der Waals surface area contributed by atoms with E-state index in [-0.39, 0.29) is 29.1 Å². The van der Waals surface area contributed by atoms with E-state index in [1.165, 1.54) is 16.7 Å². The summed E-state index contributed by atoms with van der Waals surface area (Å²) in [6.45, 7) is 2.74. The van der Waals surface area contributed by atoms with Crippen LogP contribution in [0.5, 0.6) is 0 Å². The Morgan fingerprint density at radius 2 is 2.23 bits per heavy atom. The van der Waals surface area contributed by atoms with E-state index < -0.39 is 24.3 Å². The quantitative estimate of drug-likeness (QED) is 0.290. The van der Waals surface area contributed by atoms with Crippen molar-refractivity contribution in [1.82, 2.24) is 15.5 Å². The van der Waals surface area contributed by atoms with Crippen LogP contribution in [-0.2, 0) is 9.53 Å². The number of carbonyl (C=O) groups is 2. The lowest BCUT2D eigenvalue weighted by Gasteiger charge is -2.44. The fourth-order valence-corrected chi connectivity index (χ4v) is 5.32. The molecular weight excluding hydrogens is 362 g/mol. The third kappa shape index (κ3) is 3.56. The first-order valence-corrected chi connectivity index (χ1v) is 9.59. The number of carbonyl (C=O) groups excluding carboxylic acids is 1. The Bertz CT molecular complexity index is 613. The van der Waals surface area contributed by atoms with Gasteiger partial charge in [0.2, 0.25) is 11.8 Å². The molecule has 9 nitrogen and oxygen atoms in total. The van der Waals surface area contributed by atoms with E-state index in [9.17, 15) is 19.8 Å². The lowest BCUT2D eigenvalue weighted by molar-refractivity contribution is -0.160. The van der Waals surface area contributed by atoms with Crippen LogP contribution in [0.15, 0.2) is 10.8 Å². The molecular formula is C16H25N3O6S. The van der Waals surface area contributed by atoms with Crippen LogP contribution < -0.4 is 10.6 Å². The van der Waals surface area contributed by atoms with E-state index in [2.05, 4.69) is 10.6 Å². The molecule has 0 aromatic rings. The number of fused-ring (bicyclic) bond motifs is 1. The predicted octanol–water partition coefficient (Wildman–Crippen LogP) is -0.494. The molecule has 0 bridgehead atoms. The van der Waals surface area contributed by atoms with E-state index in [1.807, 2.05) is 0 Å². The number of hydrogen-bond acceptors (Lipinski definition) is 8. The zero-order valence-corrected chi connectivity index (χ0v) is 15.5. The lowest BCUT2D eigenvalue weighted by atomic mass is 9.84. The lowest BCUT2D eigenvalue weighted by Crippen LogP contribution is -2.61. The average Bonchev–Trinajstić information content (AvgIpc) is 3.11. The van der Waals surface area contributed by atoms with Gasteiger partial charge in [0.1, 0.15) is 0 Å². The molecule has 0 aromatic heterocycles. The van der Waals surface area contributed by atoms with Crippen molar-refractivity contribution in [3.05, 3.63) is 10.8 Å². The molecule has 10 heteroatoms. The average molecular weight is 387 g/mol. The summed E-state index contributed by atoms with van der Waals surface area (Å²) < 4.78 is 4.90. The van der Waals surface area contributed by atoms with E-state index in [0.29, 0.717) is 24.4 Å². The smallest absolute Gasteiger partial charge is 0.449 e. The highest BCUT2D eigenvalue weighted by Gasteiger charge is 2.57. The highest BCUT2D eigenvalue weighted by Crippen LogP contribution is 2.48. The number of nitrogens with one attached hydrogen (secondary N) is 2. The molecule has 0 aliphatic carbocycles. The summed E-state index contributed by atoms with van der Waals surface area (Å²) >= 11 is 1.49. The zero-order valence-electron chi connectivity index (χ0n) is 14.7. The first kappa shape index (κ1) is 19.4. The Balaban J connectivity index is 1.69. The van der Waals surface area contributed by atoms with Gasteiger partial charge >= 0.3 is 6.16 Å². The second-order valence-electron chi connectivity index (χ2n) is 6.96. The molecule has 3 heterocycles. The number of nitrogens with zero attached hydrogens (tertiary/aromatic N) is 1. The van der Waals surface area contributed by atoms with Crippen molar-refractivity contribution in [2.45, 2.75) is 49.3 Å². The van der Waals surface area contributed by atoms with Gasteiger partial charge < -0.3 is 30.7 Å². The molecule has 5 N–H and O–H groups in total. The first-order valence-electron chi connectivity index (χ1n) is 8.71. The van der Waals surface area contributed by atoms with Gasteiger partial charge in [-0.15, -0.1) is 11.8 Å². The maximum Gasteiger partial charge on any atom is 0.512 e. The maximum absolute atomic E-state index is 12.3. The summed E-state index contributed by atoms with van der Waals surface area (Å²) in [5, 5.41) is 35.3. The van der Waals surface area contributed by atoms with Crippen LogP contribution in [0.1, 0.15) is 19.8 Å². The van der Waals surface area contributed by atoms with Gasteiger partial charge in [-0.05, 0) is 20.4 Å². The molecule has 0 aromatic carbocycles. The Hall–Kier alpha value is -1.33. The molecule has 26 heavy (non-hydrogen) atoms. The summed E-state index contributed by atoms with van der Waals surface area (Å²) in [5.74, 6) is -0.746. The van der Waals surface area contributed by atoms with Gasteiger partial charge in [0.05, 0.1) is 24.2 Å². The van der Waals surface area contributed by atoms with Crippen LogP contribution >= 0.6 is 11.8 Å². The molecule has 6 atom stereocenters. The Morgan fingerprint density at radius 3 is 2.85 bits per heavy atom. The number of likely N-dealkylation sites (N-methyl/N-ethyl adjacent to an activating group) is 1. The van der Waals surface area contributed by atoms with E-state index in [0.717, 1.165) is 6.42 Å². The summed E-state index contributed by atoms with van der Waals surface area (Å²) in [5.41, 5.74) is 0. The van der Waals surface area contributed by atoms with Crippen LogP contribution in [0, 0.1) is 5.92 Å². The van der Waals surface area contributed by atoms with Crippen molar-refractivity contribution >= 4 is 23.8 Å². The van der Waals surface area contributed by atoms with Gasteiger partial charge in [0.25, 0.3) is 0 Å². The third-order valence-corrected chi connectivity index (χ3v) is 6.45. The van der Waals surface area contributed by atoms with Crippen LogP contribution in [0.2, 0.25) is 0 Å². The van der Waals surface area contributed by atoms with Crippen molar-refractivity contribution in [2.75, 3.05) is 20.1 Å². The second kappa shape index (κ2) is 7.73. The van der Waals surface area contributed by atoms with Crippen LogP contribution in [0.4, 0.5) is 4.79 Å². The SMILES string of the molecule is CNC[C@@H](O)[C@@H]1C[C@H](SC2=C(OC(=O)O)N3C(=O)[C@H]([C@@H](C)O)[C@H]3C2)CN1. The third-order valence-electron chi connectivity index (χ3n) is 5.14. The Morgan fingerprint density at radius 1 is 1.50 bits per heavy atom. The van der Waals surface area contributed by atoms with Gasteiger partial charge in [-0.2, -0.15) is 0 Å². The number of hydrogen-bond donors (Lipinski definition) is 5. The van der Waals surface area contributed by atoms with Gasteiger partial charge in [0, 0.05) is 35.7 Å². The predicted molar refractivity (Wildman–Crippen MR) is 94.3 cm³/mol. The summed E-state index contributed by atoms with van der Waals surface area (Å²) in [6.07, 6.45) is -1.53. The van der Waals surface area contributed by atoms with E-state index >= 15 is 0 Å². The van der Waals surface area contributed by atoms with Crippen LogP contribution in [-0.4, -0.2) is 82.0 Å². The van der Waals surface area contributed by atoms with Gasteiger partial charge in [-0.3, -0.25) is 9.69 Å². The monoisotopic (exact) mass is 387 g/mol. The Labute approximate surface area is 155 Å². The minimum Gasteiger partial charge on any atom is -0.449 e. The molecule has 3 aliphatic rings. The van der Waals surface area contributed by atoms with Crippen molar-refractivity contribution in [2.24, 2.45) is 5.92 Å². The number of amides is 1. The first-order chi connectivity index (χ1) is 12.3. The molecule has 146 valence electrons. The molecule has 0 saturated carbocycles. The van der Waals surface area contributed by atoms with Gasteiger partial charge in [-0.25, -0.2) is 4.79 Å². The van der Waals surface area contributed by atoms with Crippen molar-refractivity contribution in [3.8, 4) is 0 Å². The summed E-state index contributed by atoms with van der Waals surface area (Å²) in [4.78, 5) is 25.4. The number of ether oxygens (including phenoxy) is 1.